The Balaban J connectivity index is 2.00. The fourth-order valence-electron chi connectivity index (χ4n) is 1.99. The quantitative estimate of drug-likeness (QED) is 0.641. The highest BCUT2D eigenvalue weighted by Gasteiger charge is 2.04. The summed E-state index contributed by atoms with van der Waals surface area (Å²) < 4.78 is 16.2. The van der Waals surface area contributed by atoms with Crippen molar-refractivity contribution >= 4 is 33.5 Å². The molecule has 0 fully saturated rings. The zero-order chi connectivity index (χ0) is 12.5. The van der Waals surface area contributed by atoms with Gasteiger partial charge in [0.2, 0.25) is 0 Å². The smallest absolute Gasteiger partial charge is 0.123 e. The molecule has 0 N–H and O–H groups in total. The van der Waals surface area contributed by atoms with Gasteiger partial charge in [-0.1, -0.05) is 12.1 Å². The van der Waals surface area contributed by atoms with Gasteiger partial charge in [-0.3, -0.25) is 4.68 Å². The highest BCUT2D eigenvalue weighted by atomic mass is 127. The van der Waals surface area contributed by atoms with Crippen LogP contribution in [0.1, 0.15) is 5.56 Å². The van der Waals surface area contributed by atoms with Gasteiger partial charge in [-0.15, -0.1) is 0 Å². The van der Waals surface area contributed by atoms with Crippen molar-refractivity contribution in [3.63, 3.8) is 0 Å². The van der Waals surface area contributed by atoms with Crippen molar-refractivity contribution in [1.82, 2.24) is 9.78 Å². The molecule has 2 nitrogen and oxygen atoms in total. The van der Waals surface area contributed by atoms with E-state index in [4.69, 9.17) is 0 Å². The predicted octanol–water partition coefficient (Wildman–Crippen LogP) is 3.83. The minimum absolute atomic E-state index is 0.210. The van der Waals surface area contributed by atoms with Crippen molar-refractivity contribution in [3.05, 3.63) is 63.6 Å². The molecular formula is C14H10FIN2. The Kier molecular flexibility index (Phi) is 3.03. The van der Waals surface area contributed by atoms with E-state index in [1.54, 1.807) is 12.1 Å². The molecule has 0 atom stereocenters. The van der Waals surface area contributed by atoms with E-state index in [1.165, 1.54) is 9.64 Å². The Morgan fingerprint density at radius 3 is 2.89 bits per heavy atom. The van der Waals surface area contributed by atoms with Gasteiger partial charge >= 0.3 is 0 Å². The molecule has 18 heavy (non-hydrogen) atoms. The Hall–Kier alpha value is -1.43. The Morgan fingerprint density at radius 1 is 1.17 bits per heavy atom. The van der Waals surface area contributed by atoms with Crippen LogP contribution in [0.4, 0.5) is 4.39 Å². The topological polar surface area (TPSA) is 17.8 Å². The monoisotopic (exact) mass is 352 g/mol. The van der Waals surface area contributed by atoms with Crippen LogP contribution in [-0.2, 0) is 6.54 Å². The summed E-state index contributed by atoms with van der Waals surface area (Å²) in [5.74, 6) is -0.210. The Labute approximate surface area is 118 Å². The van der Waals surface area contributed by atoms with Gasteiger partial charge in [0.1, 0.15) is 5.82 Å². The molecule has 3 rings (SSSR count). The first-order valence-corrected chi connectivity index (χ1v) is 6.66. The molecule has 0 aliphatic carbocycles. The number of halogens is 2. The van der Waals surface area contributed by atoms with E-state index in [0.717, 1.165) is 16.5 Å². The van der Waals surface area contributed by atoms with Crippen molar-refractivity contribution in [2.24, 2.45) is 0 Å². The zero-order valence-electron chi connectivity index (χ0n) is 9.48. The fourth-order valence-corrected chi connectivity index (χ4v) is 2.51. The molecule has 0 radical (unpaired) electrons. The van der Waals surface area contributed by atoms with Crippen molar-refractivity contribution < 1.29 is 4.39 Å². The second-order valence-corrected chi connectivity index (χ2v) is 5.38. The van der Waals surface area contributed by atoms with Crippen LogP contribution in [0.15, 0.2) is 48.7 Å². The van der Waals surface area contributed by atoms with Crippen molar-refractivity contribution in [1.29, 1.82) is 0 Å². The molecule has 2 aromatic carbocycles. The number of rotatable bonds is 2. The molecule has 0 spiro atoms. The molecule has 0 saturated carbocycles. The normalized spacial score (nSPS) is 11.0. The lowest BCUT2D eigenvalue weighted by atomic mass is 10.2. The van der Waals surface area contributed by atoms with E-state index in [9.17, 15) is 4.39 Å². The Bertz CT molecular complexity index is 706. The van der Waals surface area contributed by atoms with E-state index in [2.05, 4.69) is 33.8 Å². The van der Waals surface area contributed by atoms with Crippen molar-refractivity contribution in [2.45, 2.75) is 6.54 Å². The molecule has 1 aromatic heterocycles. The molecule has 0 aliphatic rings. The number of hydrogen-bond donors (Lipinski definition) is 0. The number of benzene rings is 2. The second-order valence-electron chi connectivity index (χ2n) is 4.14. The molecule has 0 aliphatic heterocycles. The molecule has 90 valence electrons. The fraction of sp³-hybridized carbons (Fsp3) is 0.0714. The van der Waals surface area contributed by atoms with Gasteiger partial charge in [-0.2, -0.15) is 5.10 Å². The average Bonchev–Trinajstić information content (AvgIpc) is 2.72. The van der Waals surface area contributed by atoms with E-state index < -0.39 is 0 Å². The van der Waals surface area contributed by atoms with E-state index in [-0.39, 0.29) is 5.82 Å². The van der Waals surface area contributed by atoms with Crippen LogP contribution in [0.25, 0.3) is 10.9 Å². The first kappa shape index (κ1) is 11.6. The second kappa shape index (κ2) is 4.68. The Morgan fingerprint density at radius 2 is 2.06 bits per heavy atom. The van der Waals surface area contributed by atoms with Gasteiger partial charge in [-0.25, -0.2) is 4.39 Å². The maximum Gasteiger partial charge on any atom is 0.123 e. The van der Waals surface area contributed by atoms with Gasteiger partial charge in [0, 0.05) is 8.96 Å². The van der Waals surface area contributed by atoms with E-state index in [1.807, 2.05) is 29.1 Å². The lowest BCUT2D eigenvalue weighted by molar-refractivity contribution is 0.621. The minimum atomic E-state index is -0.210. The average molecular weight is 352 g/mol. The summed E-state index contributed by atoms with van der Waals surface area (Å²) in [5.41, 5.74) is 1.98. The first-order valence-electron chi connectivity index (χ1n) is 5.58. The summed E-state index contributed by atoms with van der Waals surface area (Å²) in [6.07, 6.45) is 1.84. The predicted molar refractivity (Wildman–Crippen MR) is 78.0 cm³/mol. The summed E-state index contributed by atoms with van der Waals surface area (Å²) in [4.78, 5) is 0. The summed E-state index contributed by atoms with van der Waals surface area (Å²) in [5, 5.41) is 5.46. The lowest BCUT2D eigenvalue weighted by Crippen LogP contribution is -2.01. The van der Waals surface area contributed by atoms with Crippen LogP contribution >= 0.6 is 22.6 Å². The third kappa shape index (κ3) is 2.25. The standard InChI is InChI=1S/C14H10FIN2/c15-12-3-1-2-10(6-12)9-18-14-5-4-13(16)7-11(14)8-17-18/h1-8H,9H2. The van der Waals surface area contributed by atoms with Gasteiger partial charge in [-0.05, 0) is 58.5 Å². The van der Waals surface area contributed by atoms with E-state index in [0.29, 0.717) is 6.54 Å². The molecule has 1 heterocycles. The SMILES string of the molecule is Fc1cccc(Cn2ncc3cc(I)ccc32)c1. The maximum absolute atomic E-state index is 13.1. The van der Waals surface area contributed by atoms with Crippen LogP contribution in [0.3, 0.4) is 0 Å². The molecule has 0 amide bonds. The first-order chi connectivity index (χ1) is 8.72. The third-order valence-electron chi connectivity index (χ3n) is 2.83. The third-order valence-corrected chi connectivity index (χ3v) is 3.50. The molecule has 0 unspecified atom stereocenters. The van der Waals surface area contributed by atoms with Gasteiger partial charge in [0.05, 0.1) is 18.3 Å². The van der Waals surface area contributed by atoms with Crippen LogP contribution in [0.2, 0.25) is 0 Å². The molecule has 4 heteroatoms. The molecule has 0 bridgehead atoms. The number of nitrogens with zero attached hydrogens (tertiary/aromatic N) is 2. The summed E-state index contributed by atoms with van der Waals surface area (Å²) in [7, 11) is 0. The number of fused-ring (bicyclic) bond motifs is 1. The van der Waals surface area contributed by atoms with Crippen LogP contribution < -0.4 is 0 Å². The van der Waals surface area contributed by atoms with E-state index >= 15 is 0 Å². The maximum atomic E-state index is 13.1. The highest BCUT2D eigenvalue weighted by molar-refractivity contribution is 14.1. The van der Waals surface area contributed by atoms with Crippen molar-refractivity contribution in [3.8, 4) is 0 Å². The largest absolute Gasteiger partial charge is 0.260 e. The van der Waals surface area contributed by atoms with Gasteiger partial charge < -0.3 is 0 Å². The van der Waals surface area contributed by atoms with Crippen LogP contribution in [0, 0.1) is 9.39 Å². The summed E-state index contributed by atoms with van der Waals surface area (Å²) >= 11 is 2.28. The highest BCUT2D eigenvalue weighted by Crippen LogP contribution is 2.18. The van der Waals surface area contributed by atoms with Gasteiger partial charge in [0.25, 0.3) is 0 Å². The molecule has 0 saturated heterocycles. The van der Waals surface area contributed by atoms with Crippen LogP contribution in [-0.4, -0.2) is 9.78 Å². The zero-order valence-corrected chi connectivity index (χ0v) is 11.6. The molecule has 3 aromatic rings. The van der Waals surface area contributed by atoms with Gasteiger partial charge in [0.15, 0.2) is 0 Å². The summed E-state index contributed by atoms with van der Waals surface area (Å²) in [6, 6.07) is 12.8. The number of aromatic nitrogens is 2. The lowest BCUT2D eigenvalue weighted by Gasteiger charge is -2.04. The molecular weight excluding hydrogens is 342 g/mol. The minimum Gasteiger partial charge on any atom is -0.260 e. The van der Waals surface area contributed by atoms with Crippen LogP contribution in [0.5, 0.6) is 0 Å². The summed E-state index contributed by atoms with van der Waals surface area (Å²) in [6.45, 7) is 0.585. The number of hydrogen-bond acceptors (Lipinski definition) is 1. The van der Waals surface area contributed by atoms with Crippen molar-refractivity contribution in [2.75, 3.05) is 0 Å².